The van der Waals surface area contributed by atoms with Gasteiger partial charge in [0.2, 0.25) is 5.76 Å². The van der Waals surface area contributed by atoms with Gasteiger partial charge in [0.25, 0.3) is 0 Å². The van der Waals surface area contributed by atoms with Crippen LogP contribution >= 0.6 is 0 Å². The topological polar surface area (TPSA) is 64.1 Å². The molecule has 0 saturated carbocycles. The van der Waals surface area contributed by atoms with Gasteiger partial charge in [-0.3, -0.25) is 0 Å². The molecular formula is C18H22N2O3. The van der Waals surface area contributed by atoms with Crippen LogP contribution in [0.5, 0.6) is 5.75 Å². The van der Waals surface area contributed by atoms with E-state index < -0.39 is 0 Å². The summed E-state index contributed by atoms with van der Waals surface area (Å²) in [5, 5.41) is 0. The summed E-state index contributed by atoms with van der Waals surface area (Å²) in [6, 6.07) is 7.88. The lowest BCUT2D eigenvalue weighted by atomic mass is 9.91. The molecule has 0 fully saturated rings. The number of benzene rings is 1. The van der Waals surface area contributed by atoms with Crippen LogP contribution in [-0.4, -0.2) is 30.3 Å². The molecule has 5 heteroatoms. The van der Waals surface area contributed by atoms with Crippen molar-refractivity contribution in [3.05, 3.63) is 59.0 Å². The highest BCUT2D eigenvalue weighted by atomic mass is 16.5. The number of allylic oxidation sites excluding steroid dienone is 2. The molecule has 0 heterocycles. The highest BCUT2D eigenvalue weighted by Gasteiger charge is 2.29. The summed E-state index contributed by atoms with van der Waals surface area (Å²) in [7, 11) is 0. The summed E-state index contributed by atoms with van der Waals surface area (Å²) in [5.41, 5.74) is 10.6. The van der Waals surface area contributed by atoms with Crippen molar-refractivity contribution in [2.45, 2.75) is 26.7 Å². The lowest BCUT2D eigenvalue weighted by Gasteiger charge is -2.21. The zero-order valence-corrected chi connectivity index (χ0v) is 13.8. The van der Waals surface area contributed by atoms with Crippen LogP contribution in [-0.2, 0) is 9.47 Å². The molecule has 1 aromatic rings. The highest BCUT2D eigenvalue weighted by molar-refractivity contribution is 6.04. The average molecular weight is 314 g/mol. The zero-order chi connectivity index (χ0) is 16.7. The molecule has 1 aliphatic carbocycles. The Hall–Kier alpha value is -2.52. The summed E-state index contributed by atoms with van der Waals surface area (Å²) in [6.07, 6.45) is 3.63. The van der Waals surface area contributed by atoms with Crippen molar-refractivity contribution in [1.82, 2.24) is 0 Å². The maximum absolute atomic E-state index is 9.18. The maximum Gasteiger partial charge on any atom is 0.359 e. The lowest BCUT2D eigenvalue weighted by Crippen LogP contribution is -2.17. The average Bonchev–Trinajstić information content (AvgIpc) is 2.57. The van der Waals surface area contributed by atoms with Crippen molar-refractivity contribution in [3.63, 3.8) is 0 Å². The van der Waals surface area contributed by atoms with Crippen LogP contribution in [0.25, 0.3) is 5.53 Å². The Morgan fingerprint density at radius 1 is 0.957 bits per heavy atom. The van der Waals surface area contributed by atoms with Crippen LogP contribution in [0.1, 0.15) is 32.3 Å². The lowest BCUT2D eigenvalue weighted by molar-refractivity contribution is -0.00841. The van der Waals surface area contributed by atoms with Gasteiger partial charge in [-0.05, 0) is 44.5 Å². The van der Waals surface area contributed by atoms with E-state index in [2.05, 4.69) is 4.79 Å². The molecule has 1 unspecified atom stereocenters. The van der Waals surface area contributed by atoms with Crippen molar-refractivity contribution < 1.29 is 19.0 Å². The largest absolute Gasteiger partial charge is 0.497 e. The smallest absolute Gasteiger partial charge is 0.359 e. The van der Waals surface area contributed by atoms with E-state index in [-0.39, 0.29) is 5.92 Å². The van der Waals surface area contributed by atoms with Gasteiger partial charge in [-0.1, -0.05) is 12.1 Å². The minimum atomic E-state index is -0.0855. The van der Waals surface area contributed by atoms with Crippen molar-refractivity contribution in [2.75, 3.05) is 19.8 Å². The number of hydrogen-bond acceptors (Lipinski definition) is 3. The first-order valence-corrected chi connectivity index (χ1v) is 7.87. The predicted octanol–water partition coefficient (Wildman–Crippen LogP) is 3.69. The van der Waals surface area contributed by atoms with Crippen LogP contribution in [0.15, 0.2) is 47.9 Å². The second-order valence-corrected chi connectivity index (χ2v) is 4.91. The first-order valence-electron chi connectivity index (χ1n) is 7.87. The molecule has 0 aromatic heterocycles. The fourth-order valence-corrected chi connectivity index (χ4v) is 2.47. The summed E-state index contributed by atoms with van der Waals surface area (Å²) >= 11 is 0. The predicted molar refractivity (Wildman–Crippen MR) is 88.4 cm³/mol. The Bertz CT molecular complexity index is 641. The van der Waals surface area contributed by atoms with Gasteiger partial charge in [0.05, 0.1) is 31.8 Å². The minimum absolute atomic E-state index is 0.0855. The molecule has 0 spiro atoms. The summed E-state index contributed by atoms with van der Waals surface area (Å²) < 4.78 is 16.8. The molecule has 1 aromatic carbocycles. The zero-order valence-electron chi connectivity index (χ0n) is 13.8. The minimum Gasteiger partial charge on any atom is -0.497 e. The molecule has 0 radical (unpaired) electrons. The molecule has 5 nitrogen and oxygen atoms in total. The number of rotatable bonds is 7. The van der Waals surface area contributed by atoms with Crippen molar-refractivity contribution in [1.29, 1.82) is 0 Å². The van der Waals surface area contributed by atoms with Gasteiger partial charge in [-0.2, -0.15) is 4.79 Å². The molecule has 0 saturated heterocycles. The van der Waals surface area contributed by atoms with Gasteiger partial charge in [-0.25, -0.2) is 0 Å². The Morgan fingerprint density at radius 2 is 1.61 bits per heavy atom. The third-order valence-electron chi connectivity index (χ3n) is 3.42. The normalized spacial score (nSPS) is 17.0. The van der Waals surface area contributed by atoms with E-state index in [1.54, 1.807) is 6.08 Å². The van der Waals surface area contributed by atoms with Gasteiger partial charge in [0.15, 0.2) is 0 Å². The first-order chi connectivity index (χ1) is 11.2. The number of ether oxygens (including phenoxy) is 3. The summed E-state index contributed by atoms with van der Waals surface area (Å²) in [4.78, 5) is 3.29. The fourth-order valence-electron chi connectivity index (χ4n) is 2.47. The standard InChI is InChI=1S/C18H22N2O3/c1-4-21-14-9-7-13(8-10-14)15-11-18(23-6-3)16(20-19)12-17(15)22-5-2/h7-12,15H,4-6H2,1-3H3. The fraction of sp³-hybridized carbons (Fsp3) is 0.389. The number of nitrogens with zero attached hydrogens (tertiary/aromatic N) is 2. The van der Waals surface area contributed by atoms with Gasteiger partial charge in [0, 0.05) is 0 Å². The van der Waals surface area contributed by atoms with Crippen LogP contribution in [0, 0.1) is 0 Å². The SMILES string of the molecule is CCOC1=CC(c2ccc(OCC)cc2)C(OCC)=CC1=[N+]=[N-]. The molecule has 1 aliphatic rings. The molecule has 1 atom stereocenters. The monoisotopic (exact) mass is 314 g/mol. The van der Waals surface area contributed by atoms with Gasteiger partial charge < -0.3 is 19.7 Å². The third-order valence-corrected chi connectivity index (χ3v) is 3.42. The molecule has 0 bridgehead atoms. The second-order valence-electron chi connectivity index (χ2n) is 4.91. The number of hydrogen-bond donors (Lipinski definition) is 0. The molecular weight excluding hydrogens is 292 g/mol. The molecule has 122 valence electrons. The van der Waals surface area contributed by atoms with Crippen molar-refractivity contribution in [3.8, 4) is 5.75 Å². The first kappa shape index (κ1) is 16.8. The molecule has 0 N–H and O–H groups in total. The van der Waals surface area contributed by atoms with Crippen molar-refractivity contribution in [2.24, 2.45) is 0 Å². The van der Waals surface area contributed by atoms with E-state index >= 15 is 0 Å². The Morgan fingerprint density at radius 3 is 2.17 bits per heavy atom. The van der Waals surface area contributed by atoms with E-state index in [9.17, 15) is 5.53 Å². The summed E-state index contributed by atoms with van der Waals surface area (Å²) in [6.45, 7) is 7.45. The van der Waals surface area contributed by atoms with E-state index in [1.165, 1.54) is 0 Å². The Balaban J connectivity index is 2.37. The third kappa shape index (κ3) is 4.02. The van der Waals surface area contributed by atoms with Gasteiger partial charge in [0.1, 0.15) is 11.5 Å². The van der Waals surface area contributed by atoms with Crippen LogP contribution in [0.2, 0.25) is 0 Å². The van der Waals surface area contributed by atoms with Gasteiger partial charge >= 0.3 is 5.71 Å². The van der Waals surface area contributed by atoms with Crippen LogP contribution in [0.3, 0.4) is 0 Å². The second kappa shape index (κ2) is 8.20. The molecule has 23 heavy (non-hydrogen) atoms. The van der Waals surface area contributed by atoms with Crippen LogP contribution in [0.4, 0.5) is 0 Å². The summed E-state index contributed by atoms with van der Waals surface area (Å²) in [5.74, 6) is 2.03. The van der Waals surface area contributed by atoms with Crippen LogP contribution < -0.4 is 4.74 Å². The Labute approximate surface area is 136 Å². The maximum atomic E-state index is 9.18. The Kier molecular flexibility index (Phi) is 6.01. The quantitative estimate of drug-likeness (QED) is 0.569. The van der Waals surface area contributed by atoms with E-state index in [0.29, 0.717) is 31.3 Å². The van der Waals surface area contributed by atoms with E-state index in [4.69, 9.17) is 14.2 Å². The van der Waals surface area contributed by atoms with Gasteiger partial charge in [-0.15, -0.1) is 0 Å². The van der Waals surface area contributed by atoms with E-state index in [1.807, 2.05) is 51.1 Å². The molecule has 0 amide bonds. The molecule has 0 aliphatic heterocycles. The highest BCUT2D eigenvalue weighted by Crippen LogP contribution is 2.33. The molecule has 2 rings (SSSR count). The van der Waals surface area contributed by atoms with E-state index in [0.717, 1.165) is 17.1 Å². The van der Waals surface area contributed by atoms with Crippen molar-refractivity contribution >= 4 is 5.71 Å².